The van der Waals surface area contributed by atoms with Gasteiger partial charge in [-0.3, -0.25) is 0 Å². The third-order valence-electron chi connectivity index (χ3n) is 3.28. The lowest BCUT2D eigenvalue weighted by atomic mass is 9.72. The molecule has 0 spiro atoms. The Bertz CT molecular complexity index is 606. The maximum absolute atomic E-state index is 13.6. The molecule has 3 nitrogen and oxygen atoms in total. The Labute approximate surface area is 115 Å². The van der Waals surface area contributed by atoms with Gasteiger partial charge in [0.1, 0.15) is 17.0 Å². The second-order valence-electron chi connectivity index (χ2n) is 4.36. The number of aliphatic hydroxyl groups excluding tert-OH is 1. The molecule has 0 aromatic heterocycles. The van der Waals surface area contributed by atoms with Crippen LogP contribution >= 0.6 is 11.6 Å². The zero-order valence-electron chi connectivity index (χ0n) is 9.98. The minimum atomic E-state index is -1.13. The van der Waals surface area contributed by atoms with Gasteiger partial charge in [0.25, 0.3) is 0 Å². The van der Waals surface area contributed by atoms with Crippen LogP contribution in [-0.4, -0.2) is 17.0 Å². The lowest BCUT2D eigenvalue weighted by Gasteiger charge is -2.36. The van der Waals surface area contributed by atoms with E-state index in [0.717, 1.165) is 6.08 Å². The van der Waals surface area contributed by atoms with Gasteiger partial charge >= 0.3 is 0 Å². The highest BCUT2D eigenvalue weighted by Gasteiger charge is 2.43. The molecule has 0 aliphatic heterocycles. The van der Waals surface area contributed by atoms with E-state index < -0.39 is 16.6 Å². The van der Waals surface area contributed by atoms with E-state index in [2.05, 4.69) is 0 Å². The molecular weight excluding hydrogens is 267 g/mol. The van der Waals surface area contributed by atoms with Gasteiger partial charge in [0.15, 0.2) is 0 Å². The van der Waals surface area contributed by atoms with Crippen LogP contribution < -0.4 is 5.73 Å². The van der Waals surface area contributed by atoms with Crippen molar-refractivity contribution >= 4 is 11.6 Å². The van der Waals surface area contributed by atoms with E-state index in [1.54, 1.807) is 24.3 Å². The Morgan fingerprint density at radius 1 is 1.47 bits per heavy atom. The van der Waals surface area contributed by atoms with Crippen LogP contribution in [0.5, 0.6) is 0 Å². The predicted octanol–water partition coefficient (Wildman–Crippen LogP) is 2.67. The fourth-order valence-corrected chi connectivity index (χ4v) is 2.64. The first-order valence-corrected chi connectivity index (χ1v) is 6.11. The topological polar surface area (TPSA) is 70.0 Å². The van der Waals surface area contributed by atoms with Gasteiger partial charge in [0.05, 0.1) is 17.0 Å². The van der Waals surface area contributed by atoms with E-state index >= 15 is 0 Å². The average Bonchev–Trinajstić information content (AvgIpc) is 2.43. The second-order valence-corrected chi connectivity index (χ2v) is 4.80. The summed E-state index contributed by atoms with van der Waals surface area (Å²) in [6.45, 7) is -0.0226. The molecule has 3 N–H and O–H groups in total. The number of aliphatic hydroxyl groups is 1. The summed E-state index contributed by atoms with van der Waals surface area (Å²) < 4.78 is 13.6. The molecule has 2 unspecified atom stereocenters. The molecule has 0 heterocycles. The van der Waals surface area contributed by atoms with Crippen molar-refractivity contribution in [2.75, 3.05) is 6.54 Å². The van der Waals surface area contributed by atoms with Gasteiger partial charge in [-0.05, 0) is 17.7 Å². The van der Waals surface area contributed by atoms with Gasteiger partial charge in [0.2, 0.25) is 0 Å². The van der Waals surface area contributed by atoms with Crippen molar-refractivity contribution in [2.45, 2.75) is 10.8 Å². The van der Waals surface area contributed by atoms with Crippen LogP contribution in [0.1, 0.15) is 11.1 Å². The van der Waals surface area contributed by atoms with Crippen molar-refractivity contribution in [2.24, 2.45) is 5.73 Å². The largest absolute Gasteiger partial charge is 0.511 e. The lowest BCUT2D eigenvalue weighted by Crippen LogP contribution is -2.44. The van der Waals surface area contributed by atoms with Crippen molar-refractivity contribution in [1.29, 1.82) is 5.26 Å². The van der Waals surface area contributed by atoms with Crippen LogP contribution in [-0.2, 0) is 5.41 Å². The summed E-state index contributed by atoms with van der Waals surface area (Å²) in [5, 5.41) is 18.0. The first-order chi connectivity index (χ1) is 9.05. The van der Waals surface area contributed by atoms with E-state index in [0.29, 0.717) is 11.1 Å². The van der Waals surface area contributed by atoms with Crippen LogP contribution in [0, 0.1) is 11.3 Å². The summed E-state index contributed by atoms with van der Waals surface area (Å²) in [5.74, 6) is -0.910. The molecule has 0 radical (unpaired) electrons. The number of nitriles is 1. The zero-order valence-corrected chi connectivity index (χ0v) is 10.7. The highest BCUT2D eigenvalue weighted by Crippen LogP contribution is 2.41. The highest BCUT2D eigenvalue weighted by atomic mass is 35.5. The Morgan fingerprint density at radius 2 is 2.16 bits per heavy atom. The first kappa shape index (κ1) is 13.6. The van der Waals surface area contributed by atoms with E-state index in [1.165, 1.54) is 6.08 Å². The van der Waals surface area contributed by atoms with Crippen LogP contribution in [0.15, 0.2) is 48.0 Å². The number of alkyl halides is 1. The van der Waals surface area contributed by atoms with E-state index in [1.807, 2.05) is 6.07 Å². The van der Waals surface area contributed by atoms with Crippen LogP contribution in [0.4, 0.5) is 4.39 Å². The molecule has 2 rings (SSSR count). The Balaban J connectivity index is 2.68. The van der Waals surface area contributed by atoms with E-state index in [9.17, 15) is 9.50 Å². The number of hydrogen-bond acceptors (Lipinski definition) is 3. The number of allylic oxidation sites excluding steroid dienone is 3. The van der Waals surface area contributed by atoms with Gasteiger partial charge in [-0.2, -0.15) is 5.26 Å². The molecule has 0 fully saturated rings. The van der Waals surface area contributed by atoms with Gasteiger partial charge in [-0.1, -0.05) is 18.2 Å². The molecule has 0 saturated carbocycles. The number of halogens is 2. The number of hydrogen-bond donors (Lipinski definition) is 2. The van der Waals surface area contributed by atoms with Crippen LogP contribution in [0.25, 0.3) is 0 Å². The summed E-state index contributed by atoms with van der Waals surface area (Å²) in [7, 11) is 0. The van der Waals surface area contributed by atoms with Crippen LogP contribution in [0.3, 0.4) is 0 Å². The number of rotatable bonds is 2. The summed E-state index contributed by atoms with van der Waals surface area (Å²) in [6, 6.07) is 8.74. The first-order valence-electron chi connectivity index (χ1n) is 5.68. The minimum absolute atomic E-state index is 0.0226. The lowest BCUT2D eigenvalue weighted by molar-refractivity contribution is 0.342. The average molecular weight is 279 g/mol. The Kier molecular flexibility index (Phi) is 3.61. The molecule has 19 heavy (non-hydrogen) atoms. The normalized spacial score (nSPS) is 26.3. The third-order valence-corrected chi connectivity index (χ3v) is 3.89. The van der Waals surface area contributed by atoms with Crippen molar-refractivity contribution in [3.63, 3.8) is 0 Å². The second kappa shape index (κ2) is 5.04. The monoisotopic (exact) mass is 278 g/mol. The molecule has 1 aromatic carbocycles. The number of nitrogens with zero attached hydrogens (tertiary/aromatic N) is 1. The Hall–Kier alpha value is -1.83. The molecule has 0 saturated heterocycles. The van der Waals surface area contributed by atoms with Crippen molar-refractivity contribution in [3.8, 4) is 6.07 Å². The summed E-state index contributed by atoms with van der Waals surface area (Å²) in [6.07, 6.45) is 2.22. The molecule has 2 atom stereocenters. The molecule has 98 valence electrons. The van der Waals surface area contributed by atoms with E-state index in [4.69, 9.17) is 22.6 Å². The van der Waals surface area contributed by atoms with E-state index in [-0.39, 0.29) is 12.3 Å². The Morgan fingerprint density at radius 3 is 2.79 bits per heavy atom. The minimum Gasteiger partial charge on any atom is -0.511 e. The molecular formula is C14H12ClFN2O. The summed E-state index contributed by atoms with van der Waals surface area (Å²) in [5.41, 5.74) is 5.50. The molecule has 0 amide bonds. The summed E-state index contributed by atoms with van der Waals surface area (Å²) >= 11 is 6.20. The van der Waals surface area contributed by atoms with Crippen molar-refractivity contribution in [3.05, 3.63) is 59.1 Å². The van der Waals surface area contributed by atoms with Gasteiger partial charge < -0.3 is 10.8 Å². The maximum atomic E-state index is 13.6. The summed E-state index contributed by atoms with van der Waals surface area (Å²) in [4.78, 5) is 0. The van der Waals surface area contributed by atoms with Gasteiger partial charge in [0, 0.05) is 12.6 Å². The molecule has 5 heteroatoms. The quantitative estimate of drug-likeness (QED) is 0.817. The van der Waals surface area contributed by atoms with Crippen LogP contribution in [0.2, 0.25) is 0 Å². The van der Waals surface area contributed by atoms with Gasteiger partial charge in [-0.25, -0.2) is 4.39 Å². The highest BCUT2D eigenvalue weighted by molar-refractivity contribution is 6.23. The maximum Gasteiger partial charge on any atom is 0.123 e. The molecule has 1 aliphatic carbocycles. The fourth-order valence-electron chi connectivity index (χ4n) is 2.31. The van der Waals surface area contributed by atoms with Crippen molar-refractivity contribution in [1.82, 2.24) is 0 Å². The SMILES string of the molecule is N#Cc1ccccc1C1(CN)C=C(F)C=C(O)C1Cl. The molecule has 0 bridgehead atoms. The molecule has 1 aromatic rings. The predicted molar refractivity (Wildman–Crippen MR) is 71.4 cm³/mol. The standard InChI is InChI=1S/C14H12ClFN2O/c15-13-12(19)5-10(16)6-14(13,8-18)11-4-2-1-3-9(11)7-17/h1-6,13,19H,8,18H2. The third kappa shape index (κ3) is 2.12. The smallest absolute Gasteiger partial charge is 0.123 e. The van der Waals surface area contributed by atoms with Crippen molar-refractivity contribution < 1.29 is 9.50 Å². The number of benzene rings is 1. The number of nitrogens with two attached hydrogens (primary N) is 1. The van der Waals surface area contributed by atoms with Gasteiger partial charge in [-0.15, -0.1) is 11.6 Å². The fraction of sp³-hybridized carbons (Fsp3) is 0.214. The zero-order chi connectivity index (χ0) is 14.0. The molecule has 1 aliphatic rings.